The van der Waals surface area contributed by atoms with E-state index in [9.17, 15) is 24.6 Å². The van der Waals surface area contributed by atoms with Gasteiger partial charge in [-0.1, -0.05) is 0 Å². The molecule has 2 rings (SSSR count). The SMILES string of the molecule is CC(N)C(=O)NC1C(O)C(CO)OC1n1ccc(=O)[nH]c1=O. The van der Waals surface area contributed by atoms with Crippen molar-refractivity contribution in [2.24, 2.45) is 5.73 Å². The standard InChI is InChI=1S/C12H18N4O6/c1-5(13)10(20)15-8-9(19)6(4-17)22-11(8)16-3-2-7(18)14-12(16)21/h2-3,5-6,8-9,11,17,19H,4,13H2,1H3,(H,15,20)(H,14,18,21). The lowest BCUT2D eigenvalue weighted by Gasteiger charge is -2.23. The van der Waals surface area contributed by atoms with Gasteiger partial charge in [0.25, 0.3) is 5.56 Å². The van der Waals surface area contributed by atoms with E-state index in [1.54, 1.807) is 0 Å². The van der Waals surface area contributed by atoms with Crippen molar-refractivity contribution in [2.45, 2.75) is 37.4 Å². The monoisotopic (exact) mass is 314 g/mol. The number of nitrogens with two attached hydrogens (primary N) is 1. The number of rotatable bonds is 4. The van der Waals surface area contributed by atoms with Crippen molar-refractivity contribution in [1.29, 1.82) is 0 Å². The number of carbonyl (C=O) groups is 1. The number of carbonyl (C=O) groups excluding carboxylic acids is 1. The molecule has 0 aliphatic carbocycles. The minimum Gasteiger partial charge on any atom is -0.394 e. The number of aliphatic hydroxyl groups excluding tert-OH is 2. The third kappa shape index (κ3) is 3.09. The van der Waals surface area contributed by atoms with E-state index in [4.69, 9.17) is 10.5 Å². The Kier molecular flexibility index (Phi) is 4.76. The van der Waals surface area contributed by atoms with Gasteiger partial charge in [-0.15, -0.1) is 0 Å². The lowest BCUT2D eigenvalue weighted by atomic mass is 10.1. The normalized spacial score (nSPS) is 29.3. The highest BCUT2D eigenvalue weighted by molar-refractivity contribution is 5.81. The molecular weight excluding hydrogens is 296 g/mol. The number of hydrogen-bond donors (Lipinski definition) is 5. The Balaban J connectivity index is 2.35. The maximum Gasteiger partial charge on any atom is 0.330 e. The summed E-state index contributed by atoms with van der Waals surface area (Å²) in [6.45, 7) is 0.961. The molecule has 10 nitrogen and oxygen atoms in total. The quantitative estimate of drug-likeness (QED) is 0.387. The number of nitrogens with zero attached hydrogens (tertiary/aromatic N) is 1. The van der Waals surface area contributed by atoms with Crippen LogP contribution in [-0.4, -0.2) is 56.6 Å². The number of nitrogens with one attached hydrogen (secondary N) is 2. The molecule has 0 aromatic carbocycles. The lowest BCUT2D eigenvalue weighted by molar-refractivity contribution is -0.124. The second kappa shape index (κ2) is 6.40. The van der Waals surface area contributed by atoms with E-state index < -0.39 is 54.3 Å². The number of hydrogen-bond acceptors (Lipinski definition) is 7. The van der Waals surface area contributed by atoms with Gasteiger partial charge in [-0.25, -0.2) is 4.79 Å². The second-order valence-electron chi connectivity index (χ2n) is 5.08. The number of aromatic amines is 1. The van der Waals surface area contributed by atoms with Crippen LogP contribution in [0.2, 0.25) is 0 Å². The molecule has 6 N–H and O–H groups in total. The van der Waals surface area contributed by atoms with Crippen molar-refractivity contribution in [2.75, 3.05) is 6.61 Å². The highest BCUT2D eigenvalue weighted by atomic mass is 16.5. The number of H-pyrrole nitrogens is 1. The van der Waals surface area contributed by atoms with E-state index in [1.165, 1.54) is 13.1 Å². The largest absolute Gasteiger partial charge is 0.394 e. The highest BCUT2D eigenvalue weighted by Gasteiger charge is 2.45. The molecule has 1 aliphatic rings. The van der Waals surface area contributed by atoms with E-state index in [-0.39, 0.29) is 0 Å². The van der Waals surface area contributed by atoms with Crippen molar-refractivity contribution >= 4 is 5.91 Å². The predicted octanol–water partition coefficient (Wildman–Crippen LogP) is -3.38. The van der Waals surface area contributed by atoms with Crippen LogP contribution in [0.4, 0.5) is 0 Å². The maximum absolute atomic E-state index is 11.8. The summed E-state index contributed by atoms with van der Waals surface area (Å²) < 4.78 is 6.43. The van der Waals surface area contributed by atoms with Crippen LogP contribution >= 0.6 is 0 Å². The molecule has 1 aliphatic heterocycles. The van der Waals surface area contributed by atoms with Gasteiger partial charge in [-0.3, -0.25) is 19.1 Å². The van der Waals surface area contributed by atoms with Crippen LogP contribution < -0.4 is 22.3 Å². The van der Waals surface area contributed by atoms with Crippen LogP contribution in [0.1, 0.15) is 13.2 Å². The number of ether oxygens (including phenoxy) is 1. The Morgan fingerprint density at radius 2 is 2.27 bits per heavy atom. The van der Waals surface area contributed by atoms with Gasteiger partial charge >= 0.3 is 5.69 Å². The Morgan fingerprint density at radius 1 is 1.59 bits per heavy atom. The molecule has 1 saturated heterocycles. The molecule has 1 fully saturated rings. The van der Waals surface area contributed by atoms with Crippen molar-refractivity contribution in [3.05, 3.63) is 33.1 Å². The van der Waals surface area contributed by atoms with Crippen molar-refractivity contribution < 1.29 is 19.7 Å². The van der Waals surface area contributed by atoms with Gasteiger partial charge in [-0.05, 0) is 6.92 Å². The van der Waals surface area contributed by atoms with E-state index >= 15 is 0 Å². The Morgan fingerprint density at radius 3 is 2.82 bits per heavy atom. The molecular formula is C12H18N4O6. The number of amides is 1. The van der Waals surface area contributed by atoms with E-state index in [0.717, 1.165) is 10.6 Å². The third-order valence-electron chi connectivity index (χ3n) is 3.40. The minimum atomic E-state index is -1.24. The van der Waals surface area contributed by atoms with Crippen LogP contribution in [0.25, 0.3) is 0 Å². The van der Waals surface area contributed by atoms with Gasteiger partial charge in [0.05, 0.1) is 12.6 Å². The average molecular weight is 314 g/mol. The first-order valence-corrected chi connectivity index (χ1v) is 6.67. The summed E-state index contributed by atoms with van der Waals surface area (Å²) >= 11 is 0. The van der Waals surface area contributed by atoms with E-state index in [2.05, 4.69) is 10.3 Å². The van der Waals surface area contributed by atoms with Crippen LogP contribution in [0.3, 0.4) is 0 Å². The zero-order valence-corrected chi connectivity index (χ0v) is 11.8. The fourth-order valence-electron chi connectivity index (χ4n) is 2.21. The predicted molar refractivity (Wildman–Crippen MR) is 73.9 cm³/mol. The fraction of sp³-hybridized carbons (Fsp3) is 0.583. The van der Waals surface area contributed by atoms with Gasteiger partial charge in [0.15, 0.2) is 6.23 Å². The molecule has 5 atom stereocenters. The summed E-state index contributed by atoms with van der Waals surface area (Å²) in [5.41, 5.74) is 4.11. The molecule has 122 valence electrons. The molecule has 0 radical (unpaired) electrons. The molecule has 5 unspecified atom stereocenters. The summed E-state index contributed by atoms with van der Waals surface area (Å²) in [6.07, 6.45) is -2.12. The summed E-state index contributed by atoms with van der Waals surface area (Å²) in [6, 6.07) is -0.721. The van der Waals surface area contributed by atoms with Gasteiger partial charge in [0.1, 0.15) is 18.2 Å². The number of aromatic nitrogens is 2. The smallest absolute Gasteiger partial charge is 0.330 e. The summed E-state index contributed by atoms with van der Waals surface area (Å²) in [4.78, 5) is 36.7. The van der Waals surface area contributed by atoms with E-state index in [0.29, 0.717) is 0 Å². The van der Waals surface area contributed by atoms with Crippen LogP contribution in [0, 0.1) is 0 Å². The molecule has 22 heavy (non-hydrogen) atoms. The fourth-order valence-corrected chi connectivity index (χ4v) is 2.21. The van der Waals surface area contributed by atoms with Gasteiger partial charge in [0, 0.05) is 12.3 Å². The summed E-state index contributed by atoms with van der Waals surface area (Å²) in [7, 11) is 0. The molecule has 0 saturated carbocycles. The van der Waals surface area contributed by atoms with Crippen LogP contribution in [-0.2, 0) is 9.53 Å². The Hall–Kier alpha value is -2.01. The van der Waals surface area contributed by atoms with Crippen molar-refractivity contribution in [3.63, 3.8) is 0 Å². The van der Waals surface area contributed by atoms with Crippen LogP contribution in [0.5, 0.6) is 0 Å². The first-order valence-electron chi connectivity index (χ1n) is 6.67. The molecule has 1 aromatic heterocycles. The van der Waals surface area contributed by atoms with Gasteiger partial charge in [-0.2, -0.15) is 0 Å². The third-order valence-corrected chi connectivity index (χ3v) is 3.40. The molecule has 10 heteroatoms. The lowest BCUT2D eigenvalue weighted by Crippen LogP contribution is -2.52. The molecule has 1 aromatic rings. The highest BCUT2D eigenvalue weighted by Crippen LogP contribution is 2.28. The first kappa shape index (κ1) is 16.4. The topological polar surface area (TPSA) is 160 Å². The molecule has 2 heterocycles. The molecule has 1 amide bonds. The van der Waals surface area contributed by atoms with Crippen LogP contribution in [0.15, 0.2) is 21.9 Å². The zero-order valence-electron chi connectivity index (χ0n) is 11.8. The minimum absolute atomic E-state index is 0.500. The summed E-state index contributed by atoms with van der Waals surface area (Å²) in [5, 5.41) is 21.8. The zero-order chi connectivity index (χ0) is 16.4. The Bertz CT molecular complexity index is 654. The number of aliphatic hydroxyl groups is 2. The van der Waals surface area contributed by atoms with Crippen molar-refractivity contribution in [1.82, 2.24) is 14.9 Å². The molecule has 0 spiro atoms. The average Bonchev–Trinajstić information content (AvgIpc) is 2.76. The van der Waals surface area contributed by atoms with Gasteiger partial charge < -0.3 is 26.0 Å². The Labute approximate surface area is 124 Å². The maximum atomic E-state index is 11.8. The van der Waals surface area contributed by atoms with E-state index in [1.807, 2.05) is 0 Å². The molecule has 0 bridgehead atoms. The first-order chi connectivity index (χ1) is 10.3. The second-order valence-corrected chi connectivity index (χ2v) is 5.08. The summed E-state index contributed by atoms with van der Waals surface area (Å²) in [5.74, 6) is -0.547. The van der Waals surface area contributed by atoms with Crippen molar-refractivity contribution in [3.8, 4) is 0 Å². The van der Waals surface area contributed by atoms with Gasteiger partial charge in [0.2, 0.25) is 5.91 Å².